The number of carbonyl (C=O) groups excluding carboxylic acids is 1. The summed E-state index contributed by atoms with van der Waals surface area (Å²) >= 11 is 0. The van der Waals surface area contributed by atoms with Crippen molar-refractivity contribution in [2.45, 2.75) is 32.2 Å². The first kappa shape index (κ1) is 12.2. The van der Waals surface area contributed by atoms with Crippen LogP contribution < -0.4 is 5.32 Å². The molecular weight excluding hydrogens is 236 g/mol. The summed E-state index contributed by atoms with van der Waals surface area (Å²) in [5.41, 5.74) is 2.13. The van der Waals surface area contributed by atoms with Crippen molar-refractivity contribution in [3.8, 4) is 0 Å². The first-order valence-electron chi connectivity index (χ1n) is 6.94. The first-order chi connectivity index (χ1) is 9.33. The number of nitrogens with one attached hydrogen (secondary N) is 1. The topological polar surface area (TPSA) is 42.0 Å². The third kappa shape index (κ3) is 2.75. The molecule has 98 valence electrons. The maximum Gasteiger partial charge on any atom is 0.223 e. The van der Waals surface area contributed by atoms with Gasteiger partial charge in [-0.3, -0.25) is 9.78 Å². The molecule has 1 fully saturated rings. The summed E-state index contributed by atoms with van der Waals surface area (Å²) < 4.78 is 0. The van der Waals surface area contributed by atoms with Gasteiger partial charge in [-0.05, 0) is 36.6 Å². The van der Waals surface area contributed by atoms with Crippen LogP contribution in [0.2, 0.25) is 0 Å². The number of benzene rings is 1. The highest BCUT2D eigenvalue weighted by atomic mass is 16.1. The summed E-state index contributed by atoms with van der Waals surface area (Å²) in [7, 11) is 0. The van der Waals surface area contributed by atoms with E-state index in [-0.39, 0.29) is 11.8 Å². The molecule has 0 bridgehead atoms. The molecule has 3 rings (SSSR count). The van der Waals surface area contributed by atoms with Gasteiger partial charge in [-0.1, -0.05) is 25.0 Å². The van der Waals surface area contributed by atoms with Crippen LogP contribution in [-0.2, 0) is 11.3 Å². The van der Waals surface area contributed by atoms with Crippen LogP contribution in [0.25, 0.3) is 10.9 Å². The molecule has 3 nitrogen and oxygen atoms in total. The van der Waals surface area contributed by atoms with Gasteiger partial charge in [-0.25, -0.2) is 0 Å². The average Bonchev–Trinajstić information content (AvgIpc) is 2.99. The molecule has 2 aromatic rings. The van der Waals surface area contributed by atoms with Crippen molar-refractivity contribution >= 4 is 16.8 Å². The molecule has 1 aliphatic carbocycles. The molecule has 1 saturated carbocycles. The van der Waals surface area contributed by atoms with Crippen molar-refractivity contribution in [3.05, 3.63) is 42.1 Å². The number of aromatic nitrogens is 1. The van der Waals surface area contributed by atoms with E-state index in [1.165, 1.54) is 12.8 Å². The van der Waals surface area contributed by atoms with Crippen LogP contribution in [0.3, 0.4) is 0 Å². The number of fused-ring (bicyclic) bond motifs is 1. The van der Waals surface area contributed by atoms with Crippen molar-refractivity contribution < 1.29 is 4.79 Å². The van der Waals surface area contributed by atoms with Crippen molar-refractivity contribution in [2.75, 3.05) is 0 Å². The molecule has 0 radical (unpaired) electrons. The Hall–Kier alpha value is -1.90. The third-order valence-corrected chi connectivity index (χ3v) is 3.86. The summed E-state index contributed by atoms with van der Waals surface area (Å²) in [5.74, 6) is 0.450. The molecule has 0 unspecified atom stereocenters. The number of hydrogen-bond donors (Lipinski definition) is 1. The van der Waals surface area contributed by atoms with E-state index in [1.807, 2.05) is 24.3 Å². The molecular formula is C16H18N2O. The first-order valence-corrected chi connectivity index (χ1v) is 6.94. The van der Waals surface area contributed by atoms with E-state index >= 15 is 0 Å². The lowest BCUT2D eigenvalue weighted by Gasteiger charge is -2.10. The zero-order chi connectivity index (χ0) is 13.1. The SMILES string of the molecule is O=C(NCc1ccc2ncccc2c1)C1CCCC1. The van der Waals surface area contributed by atoms with Crippen LogP contribution in [0, 0.1) is 5.92 Å². The minimum Gasteiger partial charge on any atom is -0.352 e. The Morgan fingerprint density at radius 1 is 1.26 bits per heavy atom. The van der Waals surface area contributed by atoms with E-state index in [0.29, 0.717) is 6.54 Å². The van der Waals surface area contributed by atoms with Crippen molar-refractivity contribution in [1.82, 2.24) is 10.3 Å². The second-order valence-corrected chi connectivity index (χ2v) is 5.23. The second-order valence-electron chi connectivity index (χ2n) is 5.23. The molecule has 1 aliphatic rings. The average molecular weight is 254 g/mol. The summed E-state index contributed by atoms with van der Waals surface area (Å²) in [4.78, 5) is 16.3. The Bertz CT molecular complexity index is 588. The Morgan fingerprint density at radius 2 is 2.11 bits per heavy atom. The van der Waals surface area contributed by atoms with Crippen molar-refractivity contribution in [1.29, 1.82) is 0 Å². The Kier molecular flexibility index (Phi) is 3.45. The largest absolute Gasteiger partial charge is 0.352 e. The summed E-state index contributed by atoms with van der Waals surface area (Å²) in [6.45, 7) is 0.611. The molecule has 0 spiro atoms. The van der Waals surface area contributed by atoms with Crippen LogP contribution in [0.4, 0.5) is 0 Å². The van der Waals surface area contributed by atoms with E-state index in [1.54, 1.807) is 6.20 Å². The molecule has 0 atom stereocenters. The predicted molar refractivity (Wildman–Crippen MR) is 75.5 cm³/mol. The zero-order valence-electron chi connectivity index (χ0n) is 10.9. The number of carbonyl (C=O) groups is 1. The summed E-state index contributed by atoms with van der Waals surface area (Å²) in [5, 5.41) is 4.17. The second kappa shape index (κ2) is 5.39. The summed E-state index contributed by atoms with van der Waals surface area (Å²) in [6.07, 6.45) is 6.28. The molecule has 0 aliphatic heterocycles. The van der Waals surface area contributed by atoms with Gasteiger partial charge in [0.05, 0.1) is 5.52 Å². The van der Waals surface area contributed by atoms with Gasteiger partial charge in [-0.2, -0.15) is 0 Å². The number of amides is 1. The molecule has 1 aromatic heterocycles. The highest BCUT2D eigenvalue weighted by Gasteiger charge is 2.21. The van der Waals surface area contributed by atoms with Crippen molar-refractivity contribution in [3.63, 3.8) is 0 Å². The smallest absolute Gasteiger partial charge is 0.223 e. The summed E-state index contributed by atoms with van der Waals surface area (Å²) in [6, 6.07) is 10.1. The Labute approximate surface area is 113 Å². The number of hydrogen-bond acceptors (Lipinski definition) is 2. The highest BCUT2D eigenvalue weighted by Crippen LogP contribution is 2.24. The fourth-order valence-electron chi connectivity index (χ4n) is 2.76. The van der Waals surface area contributed by atoms with Crippen molar-refractivity contribution in [2.24, 2.45) is 5.92 Å². The Balaban J connectivity index is 1.66. The van der Waals surface area contributed by atoms with Crippen LogP contribution in [-0.4, -0.2) is 10.9 Å². The monoisotopic (exact) mass is 254 g/mol. The van der Waals surface area contributed by atoms with Crippen LogP contribution in [0.1, 0.15) is 31.2 Å². The lowest BCUT2D eigenvalue weighted by molar-refractivity contribution is -0.124. The molecule has 1 N–H and O–H groups in total. The lowest BCUT2D eigenvalue weighted by Crippen LogP contribution is -2.28. The molecule has 1 heterocycles. The van der Waals surface area contributed by atoms with E-state index in [4.69, 9.17) is 0 Å². The van der Waals surface area contributed by atoms with E-state index in [9.17, 15) is 4.79 Å². The standard InChI is InChI=1S/C16H18N2O/c19-16(13-4-1-2-5-13)18-11-12-7-8-15-14(10-12)6-3-9-17-15/h3,6-10,13H,1-2,4-5,11H2,(H,18,19). The minimum absolute atomic E-state index is 0.212. The lowest BCUT2D eigenvalue weighted by atomic mass is 10.1. The highest BCUT2D eigenvalue weighted by molar-refractivity contribution is 5.80. The van der Waals surface area contributed by atoms with Crippen LogP contribution in [0.15, 0.2) is 36.5 Å². The molecule has 3 heteroatoms. The minimum atomic E-state index is 0.212. The predicted octanol–water partition coefficient (Wildman–Crippen LogP) is 3.04. The number of rotatable bonds is 3. The van der Waals surface area contributed by atoms with E-state index in [2.05, 4.69) is 16.4 Å². The molecule has 1 amide bonds. The van der Waals surface area contributed by atoms with Gasteiger partial charge in [0.15, 0.2) is 0 Å². The fourth-order valence-corrected chi connectivity index (χ4v) is 2.76. The van der Waals surface area contributed by atoms with Gasteiger partial charge in [0, 0.05) is 24.0 Å². The normalized spacial score (nSPS) is 15.8. The fraction of sp³-hybridized carbons (Fsp3) is 0.375. The van der Waals surface area contributed by atoms with Crippen LogP contribution in [0.5, 0.6) is 0 Å². The van der Waals surface area contributed by atoms with E-state index < -0.39 is 0 Å². The van der Waals surface area contributed by atoms with Gasteiger partial charge in [0.1, 0.15) is 0 Å². The third-order valence-electron chi connectivity index (χ3n) is 3.86. The number of pyridine rings is 1. The maximum absolute atomic E-state index is 12.0. The number of nitrogens with zero attached hydrogens (tertiary/aromatic N) is 1. The molecule has 19 heavy (non-hydrogen) atoms. The van der Waals surface area contributed by atoms with Gasteiger partial charge in [0.25, 0.3) is 0 Å². The quantitative estimate of drug-likeness (QED) is 0.914. The van der Waals surface area contributed by atoms with E-state index in [0.717, 1.165) is 29.3 Å². The van der Waals surface area contributed by atoms with Crippen LogP contribution >= 0.6 is 0 Å². The van der Waals surface area contributed by atoms with Gasteiger partial charge >= 0.3 is 0 Å². The zero-order valence-corrected chi connectivity index (χ0v) is 10.9. The van der Waals surface area contributed by atoms with Gasteiger partial charge in [0.2, 0.25) is 5.91 Å². The molecule has 1 aromatic carbocycles. The Morgan fingerprint density at radius 3 is 2.95 bits per heavy atom. The maximum atomic E-state index is 12.0. The van der Waals surface area contributed by atoms with Gasteiger partial charge < -0.3 is 5.32 Å². The molecule has 0 saturated heterocycles. The van der Waals surface area contributed by atoms with Gasteiger partial charge in [-0.15, -0.1) is 0 Å².